The zero-order chi connectivity index (χ0) is 18.9. The molecule has 0 bridgehead atoms. The number of ether oxygens (including phenoxy) is 1. The molecule has 7 nitrogen and oxygen atoms in total. The second-order valence-electron chi connectivity index (χ2n) is 6.65. The third-order valence-corrected chi connectivity index (χ3v) is 6.22. The molecule has 3 rings (SSSR count). The number of nitrogens with zero attached hydrogens (tertiary/aromatic N) is 1. The molecular weight excluding hydrogens is 368 g/mol. The Labute approximate surface area is 150 Å². The highest BCUT2D eigenvalue weighted by molar-refractivity contribution is 7.87. The lowest BCUT2D eigenvalue weighted by atomic mass is 10.0. The van der Waals surface area contributed by atoms with E-state index in [2.05, 4.69) is 10.0 Å². The molecule has 2 saturated heterocycles. The second kappa shape index (κ2) is 7.18. The lowest BCUT2D eigenvalue weighted by Crippen LogP contribution is -2.47. The molecule has 1 aromatic carbocycles. The monoisotopic (exact) mass is 389 g/mol. The van der Waals surface area contributed by atoms with Gasteiger partial charge in [0.25, 0.3) is 16.1 Å². The van der Waals surface area contributed by atoms with Crippen molar-refractivity contribution < 1.29 is 26.7 Å². The summed E-state index contributed by atoms with van der Waals surface area (Å²) in [6.45, 7) is 1.60. The summed E-state index contributed by atoms with van der Waals surface area (Å²) in [7, 11) is -3.90. The molecule has 2 unspecified atom stereocenters. The van der Waals surface area contributed by atoms with Crippen molar-refractivity contribution in [3.63, 3.8) is 0 Å². The number of hydrogen-bond donors (Lipinski definition) is 2. The van der Waals surface area contributed by atoms with Crippen LogP contribution in [0.1, 0.15) is 18.4 Å². The molecule has 2 fully saturated rings. The fourth-order valence-corrected chi connectivity index (χ4v) is 4.47. The second-order valence-corrected chi connectivity index (χ2v) is 8.35. The molecule has 2 N–H and O–H groups in total. The first-order valence-electron chi connectivity index (χ1n) is 8.31. The van der Waals surface area contributed by atoms with E-state index in [1.165, 1.54) is 25.1 Å². The van der Waals surface area contributed by atoms with Crippen molar-refractivity contribution in [2.24, 2.45) is 0 Å². The van der Waals surface area contributed by atoms with Gasteiger partial charge in [-0.2, -0.15) is 17.4 Å². The van der Waals surface area contributed by atoms with Crippen LogP contribution in [0.2, 0.25) is 0 Å². The van der Waals surface area contributed by atoms with Crippen molar-refractivity contribution in [2.75, 3.05) is 31.6 Å². The minimum absolute atomic E-state index is 0.102. The van der Waals surface area contributed by atoms with Gasteiger partial charge in [-0.3, -0.25) is 4.79 Å². The molecular formula is C16H21F2N3O4S. The van der Waals surface area contributed by atoms with E-state index in [0.717, 1.165) is 4.31 Å². The molecule has 2 aliphatic heterocycles. The van der Waals surface area contributed by atoms with Crippen LogP contribution in [0.25, 0.3) is 0 Å². The smallest absolute Gasteiger partial charge is 0.279 e. The van der Waals surface area contributed by atoms with Crippen molar-refractivity contribution >= 4 is 21.8 Å². The van der Waals surface area contributed by atoms with Crippen LogP contribution >= 0.6 is 0 Å². The average Bonchev–Trinajstić information content (AvgIpc) is 3.21. The SMILES string of the molecule is Cc1cc(NC(=O)C2(F)CCN(S(=O)(=O)NC3CCOC3)C2)ccc1F. The highest BCUT2D eigenvalue weighted by Crippen LogP contribution is 2.29. The lowest BCUT2D eigenvalue weighted by Gasteiger charge is -2.22. The standard InChI is InChI=1S/C16H21F2N3O4S/c1-11-8-12(2-3-14(11)17)19-15(22)16(18)5-6-21(10-16)26(23,24)20-13-4-7-25-9-13/h2-3,8,13,20H,4-7,9-10H2,1H3,(H,19,22). The van der Waals surface area contributed by atoms with Gasteiger partial charge in [0.05, 0.1) is 13.2 Å². The van der Waals surface area contributed by atoms with E-state index in [0.29, 0.717) is 18.6 Å². The maximum atomic E-state index is 15.0. The molecule has 2 aliphatic rings. The molecule has 26 heavy (non-hydrogen) atoms. The largest absolute Gasteiger partial charge is 0.380 e. The summed E-state index contributed by atoms with van der Waals surface area (Å²) < 4.78 is 61.5. The zero-order valence-corrected chi connectivity index (χ0v) is 15.1. The molecule has 1 amide bonds. The predicted molar refractivity (Wildman–Crippen MR) is 91.1 cm³/mol. The van der Waals surface area contributed by atoms with Gasteiger partial charge in [-0.25, -0.2) is 8.78 Å². The quantitative estimate of drug-likeness (QED) is 0.790. The maximum absolute atomic E-state index is 15.0. The Morgan fingerprint density at radius 2 is 2.19 bits per heavy atom. The van der Waals surface area contributed by atoms with Gasteiger partial charge in [0.2, 0.25) is 5.67 Å². The number of carbonyl (C=O) groups excluding carboxylic acids is 1. The third-order valence-electron chi connectivity index (χ3n) is 4.59. The van der Waals surface area contributed by atoms with Gasteiger partial charge in [0, 0.05) is 31.3 Å². The van der Waals surface area contributed by atoms with Crippen LogP contribution in [0.3, 0.4) is 0 Å². The first kappa shape index (κ1) is 19.2. The van der Waals surface area contributed by atoms with E-state index in [9.17, 15) is 17.6 Å². The van der Waals surface area contributed by atoms with Crippen molar-refractivity contribution in [2.45, 2.75) is 31.5 Å². The molecule has 144 valence electrons. The van der Waals surface area contributed by atoms with E-state index >= 15 is 4.39 Å². The number of alkyl halides is 1. The number of aryl methyl sites for hydroxylation is 1. The molecule has 0 saturated carbocycles. The summed E-state index contributed by atoms with van der Waals surface area (Å²) in [4.78, 5) is 12.3. The van der Waals surface area contributed by atoms with Crippen LogP contribution in [0.4, 0.5) is 14.5 Å². The maximum Gasteiger partial charge on any atom is 0.279 e. The third kappa shape index (κ3) is 4.03. The summed E-state index contributed by atoms with van der Waals surface area (Å²) in [5.41, 5.74) is -1.77. The van der Waals surface area contributed by atoms with Crippen LogP contribution < -0.4 is 10.0 Å². The van der Waals surface area contributed by atoms with Gasteiger partial charge in [0.15, 0.2) is 0 Å². The highest BCUT2D eigenvalue weighted by atomic mass is 32.2. The Kier molecular flexibility index (Phi) is 5.29. The molecule has 2 atom stereocenters. The highest BCUT2D eigenvalue weighted by Gasteiger charge is 2.49. The molecule has 0 radical (unpaired) electrons. The van der Waals surface area contributed by atoms with E-state index in [1.54, 1.807) is 0 Å². The molecule has 0 aromatic heterocycles. The number of hydrogen-bond acceptors (Lipinski definition) is 4. The summed E-state index contributed by atoms with van der Waals surface area (Å²) in [6.07, 6.45) is 0.305. The first-order valence-corrected chi connectivity index (χ1v) is 9.75. The average molecular weight is 389 g/mol. The minimum Gasteiger partial charge on any atom is -0.380 e. The normalized spacial score (nSPS) is 27.0. The summed E-state index contributed by atoms with van der Waals surface area (Å²) >= 11 is 0. The Hall–Kier alpha value is -1.62. The Balaban J connectivity index is 1.65. The Morgan fingerprint density at radius 1 is 1.42 bits per heavy atom. The van der Waals surface area contributed by atoms with E-state index in [-0.39, 0.29) is 31.3 Å². The zero-order valence-electron chi connectivity index (χ0n) is 14.3. The van der Waals surface area contributed by atoms with Crippen molar-refractivity contribution in [1.82, 2.24) is 9.03 Å². The van der Waals surface area contributed by atoms with Gasteiger partial charge in [-0.05, 0) is 37.1 Å². The predicted octanol–water partition coefficient (Wildman–Crippen LogP) is 1.11. The van der Waals surface area contributed by atoms with Crippen LogP contribution in [0.15, 0.2) is 18.2 Å². The van der Waals surface area contributed by atoms with Crippen LogP contribution in [0.5, 0.6) is 0 Å². The first-order chi connectivity index (χ1) is 12.2. The Bertz CT molecular complexity index is 799. The minimum atomic E-state index is -3.90. The fourth-order valence-electron chi connectivity index (χ4n) is 3.01. The van der Waals surface area contributed by atoms with Crippen LogP contribution in [0, 0.1) is 12.7 Å². The van der Waals surface area contributed by atoms with Crippen molar-refractivity contribution in [3.8, 4) is 0 Å². The van der Waals surface area contributed by atoms with Gasteiger partial charge in [0.1, 0.15) is 5.82 Å². The number of amides is 1. The Morgan fingerprint density at radius 3 is 2.85 bits per heavy atom. The van der Waals surface area contributed by atoms with Gasteiger partial charge in [-0.1, -0.05) is 0 Å². The molecule has 2 heterocycles. The molecule has 1 aromatic rings. The fraction of sp³-hybridized carbons (Fsp3) is 0.562. The number of rotatable bonds is 5. The van der Waals surface area contributed by atoms with Crippen molar-refractivity contribution in [1.29, 1.82) is 0 Å². The summed E-state index contributed by atoms with van der Waals surface area (Å²) in [5, 5.41) is 2.40. The number of benzene rings is 1. The van der Waals surface area contributed by atoms with Gasteiger partial charge >= 0.3 is 0 Å². The van der Waals surface area contributed by atoms with Crippen LogP contribution in [-0.2, 0) is 19.7 Å². The summed E-state index contributed by atoms with van der Waals surface area (Å²) in [5.74, 6) is -1.37. The number of anilines is 1. The number of halogens is 2. The summed E-state index contributed by atoms with van der Waals surface area (Å²) in [6, 6.07) is 3.55. The van der Waals surface area contributed by atoms with E-state index in [4.69, 9.17) is 4.74 Å². The topological polar surface area (TPSA) is 87.7 Å². The molecule has 10 heteroatoms. The number of carbonyl (C=O) groups is 1. The molecule has 0 aliphatic carbocycles. The molecule has 0 spiro atoms. The number of nitrogens with one attached hydrogen (secondary N) is 2. The van der Waals surface area contributed by atoms with Crippen LogP contribution in [-0.4, -0.2) is 56.6 Å². The van der Waals surface area contributed by atoms with E-state index < -0.39 is 34.1 Å². The van der Waals surface area contributed by atoms with Gasteiger partial charge in [-0.15, -0.1) is 0 Å². The van der Waals surface area contributed by atoms with Crippen molar-refractivity contribution in [3.05, 3.63) is 29.6 Å². The van der Waals surface area contributed by atoms with E-state index in [1.807, 2.05) is 0 Å². The van der Waals surface area contributed by atoms with Gasteiger partial charge < -0.3 is 10.1 Å². The lowest BCUT2D eigenvalue weighted by molar-refractivity contribution is -0.126.